The average molecular weight is 551 g/mol. The van der Waals surface area contributed by atoms with E-state index in [0.717, 1.165) is 45.9 Å². The number of H-pyrrole nitrogens is 1. The molecule has 3 aromatic carbocycles. The van der Waals surface area contributed by atoms with Gasteiger partial charge in [0, 0.05) is 32.1 Å². The molecule has 210 valence electrons. The molecule has 5 heterocycles. The molecular formula is C33H34N4O4. The van der Waals surface area contributed by atoms with Gasteiger partial charge in [-0.1, -0.05) is 30.3 Å². The molecule has 8 heteroatoms. The Morgan fingerprint density at radius 3 is 2.71 bits per heavy atom. The highest BCUT2D eigenvalue weighted by molar-refractivity contribution is 5.78. The van der Waals surface area contributed by atoms with Gasteiger partial charge in [-0.15, -0.1) is 0 Å². The largest absolute Gasteiger partial charge is 0.494 e. The van der Waals surface area contributed by atoms with E-state index < -0.39 is 0 Å². The van der Waals surface area contributed by atoms with Crippen molar-refractivity contribution < 1.29 is 19.1 Å². The topological polar surface area (TPSA) is 96.5 Å². The first kappa shape index (κ1) is 26.6. The zero-order valence-electron chi connectivity index (χ0n) is 23.0. The lowest BCUT2D eigenvalue weighted by Gasteiger charge is -2.38. The number of nitrogens with zero attached hydrogens (tertiary/aromatic N) is 2. The summed E-state index contributed by atoms with van der Waals surface area (Å²) in [6.45, 7) is 1.66. The predicted octanol–water partition coefficient (Wildman–Crippen LogP) is 5.14. The number of rotatable bonds is 3. The highest BCUT2D eigenvalue weighted by Gasteiger charge is 2.32. The highest BCUT2D eigenvalue weighted by atomic mass is 16.5. The molecule has 8 rings (SSSR count). The van der Waals surface area contributed by atoms with Gasteiger partial charge in [0.05, 0.1) is 18.8 Å². The van der Waals surface area contributed by atoms with Gasteiger partial charge in [0.25, 0.3) is 0 Å². The van der Waals surface area contributed by atoms with Gasteiger partial charge < -0.3 is 19.7 Å². The Hall–Kier alpha value is -4.59. The summed E-state index contributed by atoms with van der Waals surface area (Å²) in [4.78, 5) is 27.9. The van der Waals surface area contributed by atoms with Crippen LogP contribution in [-0.2, 0) is 28.9 Å². The van der Waals surface area contributed by atoms with Crippen molar-refractivity contribution in [3.63, 3.8) is 0 Å². The van der Waals surface area contributed by atoms with E-state index in [1.807, 2.05) is 59.6 Å². The predicted molar refractivity (Wildman–Crippen MR) is 155 cm³/mol. The quantitative estimate of drug-likeness (QED) is 0.368. The second kappa shape index (κ2) is 12.3. The van der Waals surface area contributed by atoms with Crippen LogP contribution in [0.2, 0.25) is 0 Å². The zero-order chi connectivity index (χ0) is 28.0. The molecule has 1 unspecified atom stereocenters. The molecule has 2 amide bonds. The summed E-state index contributed by atoms with van der Waals surface area (Å²) in [6, 6.07) is 21.8. The molecule has 0 saturated heterocycles. The Balaban J connectivity index is 1.32. The van der Waals surface area contributed by atoms with E-state index in [2.05, 4.69) is 33.7 Å². The second-order valence-electron chi connectivity index (χ2n) is 10.6. The molecule has 4 aliphatic heterocycles. The number of benzene rings is 3. The van der Waals surface area contributed by atoms with E-state index in [0.29, 0.717) is 51.8 Å². The van der Waals surface area contributed by atoms with Crippen LogP contribution in [0.1, 0.15) is 53.1 Å². The number of ether oxygens (including phenoxy) is 2. The molecule has 0 saturated carbocycles. The van der Waals surface area contributed by atoms with Crippen molar-refractivity contribution in [1.29, 1.82) is 0 Å². The number of aromatic amines is 1. The van der Waals surface area contributed by atoms with Gasteiger partial charge in [-0.3, -0.25) is 14.7 Å². The maximum atomic E-state index is 13.6. The van der Waals surface area contributed by atoms with E-state index in [4.69, 9.17) is 9.47 Å². The van der Waals surface area contributed by atoms with E-state index in [-0.39, 0.29) is 17.9 Å². The van der Waals surface area contributed by atoms with Crippen molar-refractivity contribution in [3.8, 4) is 17.2 Å². The summed E-state index contributed by atoms with van der Waals surface area (Å²) in [6.07, 6.45) is 7.21. The van der Waals surface area contributed by atoms with Crippen molar-refractivity contribution in [1.82, 2.24) is 20.4 Å². The molecule has 0 spiro atoms. The van der Waals surface area contributed by atoms with Gasteiger partial charge in [-0.25, -0.2) is 0 Å². The standard InChI is InChI=1S/C33H34N4O4/c38-31-13-7-23-5-9-27(10-6-23)41-29-11-12-30-25(19-29)15-17-37(32(39)14-8-24-21-35-36-22-24)33(30)26-3-1-4-28(20-26)40-18-2-16-34-31/h1,3-6,9-12,19-22,33H,2,7-8,13-18H2,(H,34,38)(H,35,36). The van der Waals surface area contributed by atoms with Crippen LogP contribution in [0, 0.1) is 0 Å². The van der Waals surface area contributed by atoms with Crippen molar-refractivity contribution in [2.45, 2.75) is 44.6 Å². The fourth-order valence-electron chi connectivity index (χ4n) is 5.58. The Labute approximate surface area is 239 Å². The van der Waals surface area contributed by atoms with Crippen LogP contribution in [-0.4, -0.2) is 46.6 Å². The lowest BCUT2D eigenvalue weighted by atomic mass is 9.87. The SMILES string of the molecule is O=C1CCc2ccc(cc2)Oc2ccc3c(c2)CCN(C(=O)CCc2cn[nH]c2)C3c2cccc(c2)OCCCN1. The number of amides is 2. The molecule has 4 aliphatic rings. The zero-order valence-corrected chi connectivity index (χ0v) is 23.0. The third-order valence-corrected chi connectivity index (χ3v) is 7.73. The lowest BCUT2D eigenvalue weighted by Crippen LogP contribution is -2.40. The summed E-state index contributed by atoms with van der Waals surface area (Å²) >= 11 is 0. The van der Waals surface area contributed by atoms with E-state index >= 15 is 0 Å². The number of aromatic nitrogens is 2. The number of fused-ring (bicyclic) bond motifs is 1. The molecule has 0 radical (unpaired) electrons. The number of aryl methyl sites for hydroxylation is 2. The molecule has 8 nitrogen and oxygen atoms in total. The van der Waals surface area contributed by atoms with Crippen LogP contribution in [0.3, 0.4) is 0 Å². The lowest BCUT2D eigenvalue weighted by molar-refractivity contribution is -0.133. The van der Waals surface area contributed by atoms with Gasteiger partial charge in [-0.05, 0) is 89.9 Å². The van der Waals surface area contributed by atoms with Crippen LogP contribution in [0.5, 0.6) is 17.2 Å². The second-order valence-corrected chi connectivity index (χ2v) is 10.6. The Morgan fingerprint density at radius 2 is 1.85 bits per heavy atom. The minimum Gasteiger partial charge on any atom is -0.494 e. The first-order chi connectivity index (χ1) is 20.1. The first-order valence-electron chi connectivity index (χ1n) is 14.3. The number of carbonyl (C=O) groups is 2. The van der Waals surface area contributed by atoms with Gasteiger partial charge in [0.1, 0.15) is 17.2 Å². The van der Waals surface area contributed by atoms with Gasteiger partial charge in [-0.2, -0.15) is 5.10 Å². The van der Waals surface area contributed by atoms with Gasteiger partial charge >= 0.3 is 0 Å². The monoisotopic (exact) mass is 550 g/mol. The minimum absolute atomic E-state index is 0.0318. The van der Waals surface area contributed by atoms with E-state index in [1.54, 1.807) is 6.20 Å². The maximum Gasteiger partial charge on any atom is 0.223 e. The van der Waals surface area contributed by atoms with Crippen LogP contribution in [0.15, 0.2) is 79.1 Å². The normalized spacial score (nSPS) is 17.2. The summed E-state index contributed by atoms with van der Waals surface area (Å²) in [5.74, 6) is 2.40. The molecule has 41 heavy (non-hydrogen) atoms. The highest BCUT2D eigenvalue weighted by Crippen LogP contribution is 2.39. The van der Waals surface area contributed by atoms with Crippen LogP contribution in [0.25, 0.3) is 0 Å². The van der Waals surface area contributed by atoms with Gasteiger partial charge in [0.2, 0.25) is 11.8 Å². The summed E-state index contributed by atoms with van der Waals surface area (Å²) < 4.78 is 12.3. The maximum absolute atomic E-state index is 13.6. The first-order valence-corrected chi connectivity index (χ1v) is 14.3. The third kappa shape index (κ3) is 6.43. The molecule has 8 bridgehead atoms. The molecular weight excluding hydrogens is 516 g/mol. The number of hydrogen-bond donors (Lipinski definition) is 2. The fraction of sp³-hybridized carbons (Fsp3) is 0.303. The Morgan fingerprint density at radius 1 is 0.976 bits per heavy atom. The van der Waals surface area contributed by atoms with Crippen molar-refractivity contribution in [2.75, 3.05) is 19.7 Å². The molecule has 1 atom stereocenters. The van der Waals surface area contributed by atoms with Crippen molar-refractivity contribution >= 4 is 11.8 Å². The number of hydrogen-bond acceptors (Lipinski definition) is 5. The van der Waals surface area contributed by atoms with Crippen LogP contribution in [0.4, 0.5) is 0 Å². The molecule has 2 N–H and O–H groups in total. The summed E-state index contributed by atoms with van der Waals surface area (Å²) in [5, 5.41) is 9.82. The molecule has 1 aromatic heterocycles. The van der Waals surface area contributed by atoms with E-state index in [1.165, 1.54) is 5.56 Å². The van der Waals surface area contributed by atoms with Crippen LogP contribution >= 0.6 is 0 Å². The summed E-state index contributed by atoms with van der Waals surface area (Å²) in [5.41, 5.74) is 5.38. The molecule has 0 aliphatic carbocycles. The Kier molecular flexibility index (Phi) is 7.98. The van der Waals surface area contributed by atoms with Gasteiger partial charge in [0.15, 0.2) is 0 Å². The number of carbonyl (C=O) groups excluding carboxylic acids is 2. The van der Waals surface area contributed by atoms with E-state index in [9.17, 15) is 9.59 Å². The Bertz CT molecular complexity index is 1500. The smallest absolute Gasteiger partial charge is 0.223 e. The molecule has 4 aromatic rings. The average Bonchev–Trinajstić information content (AvgIpc) is 3.52. The third-order valence-electron chi connectivity index (χ3n) is 7.73. The molecule has 0 fully saturated rings. The van der Waals surface area contributed by atoms with Crippen LogP contribution < -0.4 is 14.8 Å². The fourth-order valence-corrected chi connectivity index (χ4v) is 5.58. The van der Waals surface area contributed by atoms with Crippen molar-refractivity contribution in [2.24, 2.45) is 0 Å². The summed E-state index contributed by atoms with van der Waals surface area (Å²) in [7, 11) is 0. The number of nitrogens with one attached hydrogen (secondary N) is 2. The van der Waals surface area contributed by atoms with Crippen molar-refractivity contribution in [3.05, 3.63) is 107 Å². The minimum atomic E-state index is -0.235.